The van der Waals surface area contributed by atoms with Crippen LogP contribution in [-0.4, -0.2) is 28.8 Å². The molecular formula is C13H11F4NO3. The van der Waals surface area contributed by atoms with Gasteiger partial charge >= 0.3 is 12.1 Å². The molecule has 0 bridgehead atoms. The van der Waals surface area contributed by atoms with E-state index in [0.717, 1.165) is 18.3 Å². The summed E-state index contributed by atoms with van der Waals surface area (Å²) in [5, 5.41) is 9.71. The zero-order chi connectivity index (χ0) is 15.8. The van der Waals surface area contributed by atoms with Gasteiger partial charge in [-0.2, -0.15) is 13.2 Å². The summed E-state index contributed by atoms with van der Waals surface area (Å²) in [5.41, 5.74) is -4.52. The lowest BCUT2D eigenvalue weighted by Gasteiger charge is -2.27. The SMILES string of the molecule is CCOC(=O)[C@@](O)(c1c[nH]c2ccc(F)cc12)C(F)(F)F. The normalized spacial score (nSPS) is 15.0. The molecule has 1 heterocycles. The smallest absolute Gasteiger partial charge is 0.432 e. The number of ether oxygens (including phenoxy) is 1. The minimum Gasteiger partial charge on any atom is -0.463 e. The van der Waals surface area contributed by atoms with Crippen LogP contribution in [0.4, 0.5) is 17.6 Å². The lowest BCUT2D eigenvalue weighted by atomic mass is 9.92. The summed E-state index contributed by atoms with van der Waals surface area (Å²) in [6, 6.07) is 3.05. The van der Waals surface area contributed by atoms with Gasteiger partial charge in [0.1, 0.15) is 5.82 Å². The van der Waals surface area contributed by atoms with Crippen LogP contribution in [0.3, 0.4) is 0 Å². The van der Waals surface area contributed by atoms with Gasteiger partial charge in [0.2, 0.25) is 0 Å². The van der Waals surface area contributed by atoms with Crippen molar-refractivity contribution in [2.24, 2.45) is 0 Å². The third-order valence-corrected chi connectivity index (χ3v) is 3.01. The van der Waals surface area contributed by atoms with Crippen molar-refractivity contribution in [2.75, 3.05) is 6.61 Å². The van der Waals surface area contributed by atoms with Crippen molar-refractivity contribution in [2.45, 2.75) is 18.7 Å². The standard InChI is InChI=1S/C13H11F4NO3/c1-2-21-11(19)12(20,13(15,16)17)9-6-18-10-4-3-7(14)5-8(9)10/h3-6,18,20H,2H2,1H3/t12-/m0/s1. The molecule has 0 aliphatic carbocycles. The fourth-order valence-corrected chi connectivity index (χ4v) is 2.01. The van der Waals surface area contributed by atoms with Gasteiger partial charge in [0.25, 0.3) is 5.60 Å². The summed E-state index contributed by atoms with van der Waals surface area (Å²) in [6.07, 6.45) is -4.50. The molecule has 0 saturated carbocycles. The van der Waals surface area contributed by atoms with Crippen molar-refractivity contribution in [3.63, 3.8) is 0 Å². The molecule has 0 aliphatic heterocycles. The first-order valence-electron chi connectivity index (χ1n) is 5.95. The van der Waals surface area contributed by atoms with Crippen LogP contribution < -0.4 is 0 Å². The van der Waals surface area contributed by atoms with Crippen molar-refractivity contribution in [3.05, 3.63) is 35.8 Å². The van der Waals surface area contributed by atoms with Gasteiger partial charge in [-0.15, -0.1) is 0 Å². The molecule has 4 nitrogen and oxygen atoms in total. The second kappa shape index (κ2) is 5.03. The topological polar surface area (TPSA) is 62.3 Å². The van der Waals surface area contributed by atoms with E-state index in [2.05, 4.69) is 9.72 Å². The molecule has 1 aromatic heterocycles. The number of aliphatic hydroxyl groups is 1. The average Bonchev–Trinajstić information content (AvgIpc) is 2.79. The Morgan fingerprint density at radius 1 is 1.38 bits per heavy atom. The molecule has 114 valence electrons. The van der Waals surface area contributed by atoms with Gasteiger partial charge in [-0.1, -0.05) is 0 Å². The molecule has 2 N–H and O–H groups in total. The van der Waals surface area contributed by atoms with E-state index < -0.39 is 29.1 Å². The predicted molar refractivity (Wildman–Crippen MR) is 64.8 cm³/mol. The lowest BCUT2D eigenvalue weighted by Crippen LogP contribution is -2.50. The molecule has 1 atom stereocenters. The molecule has 2 rings (SSSR count). The number of aromatic nitrogens is 1. The van der Waals surface area contributed by atoms with Gasteiger partial charge in [0.15, 0.2) is 0 Å². The van der Waals surface area contributed by atoms with E-state index in [1.807, 2.05) is 0 Å². The van der Waals surface area contributed by atoms with Gasteiger partial charge in [-0.25, -0.2) is 9.18 Å². The first kappa shape index (κ1) is 15.3. The Hall–Kier alpha value is -2.09. The number of H-pyrrole nitrogens is 1. The minimum atomic E-state index is -5.32. The zero-order valence-electron chi connectivity index (χ0n) is 10.8. The molecule has 0 saturated heterocycles. The van der Waals surface area contributed by atoms with Crippen molar-refractivity contribution < 1.29 is 32.2 Å². The summed E-state index contributed by atoms with van der Waals surface area (Å²) < 4.78 is 57.2. The number of fused-ring (bicyclic) bond motifs is 1. The van der Waals surface area contributed by atoms with Crippen LogP contribution in [-0.2, 0) is 15.1 Å². The van der Waals surface area contributed by atoms with Crippen LogP contribution in [0.2, 0.25) is 0 Å². The molecule has 0 unspecified atom stereocenters. The minimum absolute atomic E-state index is 0.151. The fraction of sp³-hybridized carbons (Fsp3) is 0.308. The Balaban J connectivity index is 2.70. The summed E-state index contributed by atoms with van der Waals surface area (Å²) in [4.78, 5) is 14.1. The second-order valence-electron chi connectivity index (χ2n) is 4.32. The van der Waals surface area contributed by atoms with Gasteiger partial charge in [-0.3, -0.25) is 0 Å². The Morgan fingerprint density at radius 3 is 2.62 bits per heavy atom. The van der Waals surface area contributed by atoms with Gasteiger partial charge in [-0.05, 0) is 25.1 Å². The number of nitrogens with one attached hydrogen (secondary N) is 1. The molecule has 0 aliphatic rings. The summed E-state index contributed by atoms with van der Waals surface area (Å²) in [5.74, 6) is -2.65. The van der Waals surface area contributed by atoms with E-state index in [9.17, 15) is 27.5 Å². The largest absolute Gasteiger partial charge is 0.463 e. The number of rotatable bonds is 3. The molecular weight excluding hydrogens is 294 g/mol. The first-order valence-corrected chi connectivity index (χ1v) is 5.95. The maximum Gasteiger partial charge on any atom is 0.432 e. The van der Waals surface area contributed by atoms with E-state index in [1.54, 1.807) is 0 Å². The van der Waals surface area contributed by atoms with E-state index >= 15 is 0 Å². The second-order valence-corrected chi connectivity index (χ2v) is 4.32. The summed E-state index contributed by atoms with van der Waals surface area (Å²) in [6.45, 7) is 0.970. The highest BCUT2D eigenvalue weighted by Gasteiger charge is 2.63. The quantitative estimate of drug-likeness (QED) is 0.677. The maximum atomic E-state index is 13.2. The van der Waals surface area contributed by atoms with E-state index in [-0.39, 0.29) is 17.5 Å². The highest BCUT2D eigenvalue weighted by Crippen LogP contribution is 2.42. The van der Waals surface area contributed by atoms with Crippen LogP contribution in [0.25, 0.3) is 10.9 Å². The maximum absolute atomic E-state index is 13.2. The number of halogens is 4. The number of hydrogen-bond acceptors (Lipinski definition) is 3. The number of carbonyl (C=O) groups excluding carboxylic acids is 1. The van der Waals surface area contributed by atoms with E-state index in [0.29, 0.717) is 0 Å². The van der Waals surface area contributed by atoms with Gasteiger partial charge in [0, 0.05) is 22.7 Å². The van der Waals surface area contributed by atoms with Crippen LogP contribution in [0.15, 0.2) is 24.4 Å². The number of benzene rings is 1. The van der Waals surface area contributed by atoms with Crippen molar-refractivity contribution in [1.82, 2.24) is 4.98 Å². The van der Waals surface area contributed by atoms with Crippen LogP contribution in [0.1, 0.15) is 12.5 Å². The number of hydrogen-bond donors (Lipinski definition) is 2. The zero-order valence-corrected chi connectivity index (χ0v) is 10.8. The average molecular weight is 305 g/mol. The highest BCUT2D eigenvalue weighted by atomic mass is 19.4. The third-order valence-electron chi connectivity index (χ3n) is 3.01. The van der Waals surface area contributed by atoms with Gasteiger partial charge < -0.3 is 14.8 Å². The molecule has 8 heteroatoms. The Morgan fingerprint density at radius 2 is 2.05 bits per heavy atom. The Kier molecular flexibility index (Phi) is 3.66. The Bertz CT molecular complexity index is 680. The first-order chi connectivity index (χ1) is 9.71. The lowest BCUT2D eigenvalue weighted by molar-refractivity contribution is -0.267. The summed E-state index contributed by atoms with van der Waals surface area (Å²) >= 11 is 0. The molecule has 0 radical (unpaired) electrons. The van der Waals surface area contributed by atoms with Crippen molar-refractivity contribution >= 4 is 16.9 Å². The molecule has 2 aromatic rings. The highest BCUT2D eigenvalue weighted by molar-refractivity contribution is 5.92. The van der Waals surface area contributed by atoms with Crippen LogP contribution in [0, 0.1) is 5.82 Å². The van der Waals surface area contributed by atoms with Crippen molar-refractivity contribution in [1.29, 1.82) is 0 Å². The fourth-order valence-electron chi connectivity index (χ4n) is 2.01. The number of aromatic amines is 1. The van der Waals surface area contributed by atoms with Crippen LogP contribution >= 0.6 is 0 Å². The monoisotopic (exact) mass is 305 g/mol. The molecule has 1 aromatic carbocycles. The van der Waals surface area contributed by atoms with Crippen LogP contribution in [0.5, 0.6) is 0 Å². The third kappa shape index (κ3) is 2.35. The molecule has 21 heavy (non-hydrogen) atoms. The molecule has 0 spiro atoms. The van der Waals surface area contributed by atoms with E-state index in [1.165, 1.54) is 13.0 Å². The number of carbonyl (C=O) groups is 1. The summed E-state index contributed by atoms with van der Waals surface area (Å²) in [7, 11) is 0. The number of alkyl halides is 3. The predicted octanol–water partition coefficient (Wildman–Crippen LogP) is 2.62. The molecule has 0 fully saturated rings. The number of esters is 1. The Labute approximate surface area is 116 Å². The van der Waals surface area contributed by atoms with Gasteiger partial charge in [0.05, 0.1) is 6.61 Å². The van der Waals surface area contributed by atoms with E-state index in [4.69, 9.17) is 0 Å². The molecule has 0 amide bonds. The van der Waals surface area contributed by atoms with Crippen molar-refractivity contribution in [3.8, 4) is 0 Å².